The predicted octanol–water partition coefficient (Wildman–Crippen LogP) is 7.13. The summed E-state index contributed by atoms with van der Waals surface area (Å²) in [4.78, 5) is 98.5. The molecule has 10 fully saturated rings. The maximum Gasteiger partial charge on any atom is 0.303 e. The number of carbonyl (C=O) groups excluding carboxylic acids is 8. The summed E-state index contributed by atoms with van der Waals surface area (Å²) >= 11 is 0. The molecule has 0 radical (unpaired) electrons. The smallest absolute Gasteiger partial charge is 0.303 e. The summed E-state index contributed by atoms with van der Waals surface area (Å²) < 4.78 is 88.1. The first-order valence-corrected chi connectivity index (χ1v) is 33.2. The van der Waals surface area contributed by atoms with Crippen LogP contribution in [0.15, 0.2) is 59.3 Å². The molecule has 13 aliphatic rings. The zero-order valence-corrected chi connectivity index (χ0v) is 55.0. The number of allylic oxidation sites excluding steroid dienone is 9. The quantitative estimate of drug-likeness (QED) is 0.104. The van der Waals surface area contributed by atoms with Crippen molar-refractivity contribution in [3.05, 3.63) is 59.3 Å². The summed E-state index contributed by atoms with van der Waals surface area (Å²) in [7, 11) is 0. The summed E-state index contributed by atoms with van der Waals surface area (Å²) in [6.45, 7) is 16.0. The molecular weight excluding hydrogens is 1220 g/mol. The van der Waals surface area contributed by atoms with Crippen molar-refractivity contribution < 1.29 is 106 Å². The number of carbonyl (C=O) groups is 8. The Morgan fingerprint density at radius 2 is 1.26 bits per heavy atom. The van der Waals surface area contributed by atoms with Crippen LogP contribution in [0.1, 0.15) is 160 Å². The first-order valence-electron chi connectivity index (χ1n) is 33.2. The van der Waals surface area contributed by atoms with Crippen LogP contribution in [-0.2, 0) is 57.3 Å². The maximum absolute atomic E-state index is 17.3. The highest BCUT2D eigenvalue weighted by Gasteiger charge is 2.80. The molecule has 0 bridgehead atoms. The van der Waals surface area contributed by atoms with Crippen molar-refractivity contribution in [2.24, 2.45) is 79.8 Å². The predicted molar refractivity (Wildman–Crippen MR) is 323 cm³/mol. The van der Waals surface area contributed by atoms with Gasteiger partial charge in [-0.3, -0.25) is 38.4 Å². The minimum absolute atomic E-state index is 0.00892. The number of alkyl halides is 4. The van der Waals surface area contributed by atoms with Crippen molar-refractivity contribution in [2.45, 2.75) is 230 Å². The topological polar surface area (TPSA) is 295 Å². The second kappa shape index (κ2) is 22.6. The lowest BCUT2D eigenvalue weighted by Crippen LogP contribution is -2.71. The number of esters is 2. The van der Waals surface area contributed by atoms with Crippen LogP contribution < -0.4 is 0 Å². The second-order valence-corrected chi connectivity index (χ2v) is 31.6. The Labute approximate surface area is 539 Å². The van der Waals surface area contributed by atoms with E-state index in [1.165, 1.54) is 31.2 Å². The summed E-state index contributed by atoms with van der Waals surface area (Å²) in [6.07, 6.45) is 5.66. The number of fused-ring (bicyclic) bond motifs is 17. The van der Waals surface area contributed by atoms with Gasteiger partial charge in [0, 0.05) is 76.4 Å². The van der Waals surface area contributed by atoms with Crippen molar-refractivity contribution in [1.29, 1.82) is 0 Å². The van der Waals surface area contributed by atoms with Gasteiger partial charge < -0.3 is 49.6 Å². The van der Waals surface area contributed by atoms with Crippen molar-refractivity contribution in [3.63, 3.8) is 0 Å². The molecule has 0 aromatic rings. The highest BCUT2D eigenvalue weighted by atomic mass is 19.2. The van der Waals surface area contributed by atoms with Crippen molar-refractivity contribution >= 4 is 46.6 Å². The second-order valence-electron chi connectivity index (χ2n) is 31.6. The fraction of sp³-hybridized carbons (Fsp3) is 0.746. The summed E-state index contributed by atoms with van der Waals surface area (Å²) in [6, 6.07) is 0. The minimum atomic E-state index is -2.31. The van der Waals surface area contributed by atoms with E-state index in [-0.39, 0.29) is 92.2 Å². The Bertz CT molecular complexity index is 3380. The lowest BCUT2D eigenvalue weighted by atomic mass is 9.44. The largest absolute Gasteiger partial charge is 0.458 e. The van der Waals surface area contributed by atoms with E-state index < -0.39 is 182 Å². The number of hydrogen-bond donors (Lipinski definition) is 6. The number of halogens is 4. The van der Waals surface area contributed by atoms with Crippen LogP contribution in [-0.4, -0.2) is 168 Å². The normalized spacial score (nSPS) is 49.8. The number of aliphatic hydroxyl groups excluding tert-OH is 5. The Balaban J connectivity index is 0.000000144. The van der Waals surface area contributed by atoms with E-state index >= 15 is 17.6 Å². The van der Waals surface area contributed by atoms with Crippen LogP contribution in [0, 0.1) is 79.8 Å². The molecule has 13 rings (SSSR count). The fourth-order valence-electron chi connectivity index (χ4n) is 23.1. The lowest BCUT2D eigenvalue weighted by Gasteiger charge is -2.63. The highest BCUT2D eigenvalue weighted by molar-refractivity contribution is 6.02. The van der Waals surface area contributed by atoms with Crippen LogP contribution in [0.4, 0.5) is 17.6 Å². The molecule has 93 heavy (non-hydrogen) atoms. The minimum Gasteiger partial charge on any atom is -0.458 e. The van der Waals surface area contributed by atoms with E-state index in [0.29, 0.717) is 37.7 Å². The number of ketones is 6. The molecule has 25 atom stereocenters. The zero-order chi connectivity index (χ0) is 68.5. The third-order valence-electron chi connectivity index (χ3n) is 27.1. The SMILES string of the molecule is CC(=O)OCC(=O)[C@@]1(OC(C)=O)[C@@H](C)C[C@H]2[C@@H]3C[C@H](F)C4=CC(=O)C=C[C@]4(C)[C@@]3(F)[C@@H](O)C[C@@]21C.CC1(C)O[C@@H]2C[C@H]3[C@@H]4C[C@H](F)C5=CC(=O)C=C[C@]5(C)[C@H]4[C@@H](O)C[C@]3(C)[C@]2(C(=O)CO)O1.C[C@]12CCC(=O)C=C1CC[C@H]1[C@@H]3CC[C@](O)(C(=O)CO)[C@@]3(C)C[C@H](O)[C@@]12F. The molecule has 1 heterocycles. The zero-order valence-electron chi connectivity index (χ0n) is 55.0. The average Bonchev–Trinajstić information content (AvgIpc) is 1.62. The third kappa shape index (κ3) is 9.24. The van der Waals surface area contributed by atoms with Gasteiger partial charge >= 0.3 is 11.9 Å². The molecule has 0 amide bonds. The molecule has 0 unspecified atom stereocenters. The average molecular weight is 1310 g/mol. The van der Waals surface area contributed by atoms with Gasteiger partial charge in [-0.2, -0.15) is 0 Å². The molecule has 18 nitrogen and oxygen atoms in total. The van der Waals surface area contributed by atoms with Crippen molar-refractivity contribution in [2.75, 3.05) is 19.8 Å². The fourth-order valence-corrected chi connectivity index (χ4v) is 23.1. The van der Waals surface area contributed by atoms with Gasteiger partial charge in [-0.15, -0.1) is 0 Å². The number of hydrogen-bond acceptors (Lipinski definition) is 18. The first kappa shape index (κ1) is 69.4. The monoisotopic (exact) mass is 1310 g/mol. The van der Waals surface area contributed by atoms with Gasteiger partial charge in [0.1, 0.15) is 36.8 Å². The molecule has 512 valence electrons. The lowest BCUT2D eigenvalue weighted by molar-refractivity contribution is -0.231. The molecule has 12 aliphatic carbocycles. The van der Waals surface area contributed by atoms with Crippen molar-refractivity contribution in [3.8, 4) is 0 Å². The van der Waals surface area contributed by atoms with Gasteiger partial charge in [0.25, 0.3) is 0 Å². The third-order valence-corrected chi connectivity index (χ3v) is 27.1. The van der Waals surface area contributed by atoms with E-state index in [4.69, 9.17) is 18.9 Å². The summed E-state index contributed by atoms with van der Waals surface area (Å²) in [5, 5.41) is 64.2. The van der Waals surface area contributed by atoms with Gasteiger partial charge in [0.2, 0.25) is 5.78 Å². The maximum atomic E-state index is 17.3. The van der Waals surface area contributed by atoms with Gasteiger partial charge in [-0.1, -0.05) is 59.3 Å². The van der Waals surface area contributed by atoms with Gasteiger partial charge in [-0.25, -0.2) is 17.6 Å². The molecule has 1 saturated heterocycles. The van der Waals surface area contributed by atoms with E-state index in [1.807, 2.05) is 20.8 Å². The number of rotatable bonds is 8. The van der Waals surface area contributed by atoms with Gasteiger partial charge in [0.15, 0.2) is 58.2 Å². The van der Waals surface area contributed by atoms with Crippen LogP contribution in [0.25, 0.3) is 0 Å². The molecular formula is C71H92F4O18. The Kier molecular flexibility index (Phi) is 16.8. The Morgan fingerprint density at radius 1 is 0.645 bits per heavy atom. The van der Waals surface area contributed by atoms with E-state index in [0.717, 1.165) is 25.5 Å². The van der Waals surface area contributed by atoms with Gasteiger partial charge in [-0.05, 0) is 163 Å². The standard InChI is InChI=1S/C26H32F2O7.C24H31FO6.C21H29FO5/c1-13-8-17-18-10-20(27)19-9-16(31)6-7-23(19,4)25(18,28)21(32)11-24(17,5)26(13,35-15(3)30)22(33)12-34-14(2)29;1-21(2)30-19-9-14-13-8-16(25)15-7-12(27)5-6-22(15,3)20(13)17(28)10-23(14,4)24(19,31-21)18(29)11-26;1-18-7-5-13(24)9-12(18)3-4-15-14-6-8-20(27,17(26)11-23)19(14,2)10-16(25)21(15,18)22/h6-7,9,13,17-18,20-21,32H,8,10-12H2,1-5H3;5-7,13-14,16-17,19-20,26,28H,8-11H2,1-4H3;9,14-16,23,25,27H,3-8,10-11H2,1-2H3/t13-,17-,18-,20-,21-,23-,24-,25-,26-;13-,14-,16-,17-,19+,20+,22-,23-,24+;14-,15-,16-,18-,19-,20-,21-/m000/s1. The molecule has 0 spiro atoms. The number of aliphatic hydroxyl groups is 6. The molecule has 0 aromatic heterocycles. The van der Waals surface area contributed by atoms with E-state index in [1.54, 1.807) is 46.8 Å². The first-order chi connectivity index (χ1) is 43.1. The van der Waals surface area contributed by atoms with Crippen molar-refractivity contribution in [1.82, 2.24) is 0 Å². The summed E-state index contributed by atoms with van der Waals surface area (Å²) in [5.41, 5.74) is -14.1. The van der Waals surface area contributed by atoms with Crippen LogP contribution in [0.3, 0.4) is 0 Å². The van der Waals surface area contributed by atoms with Crippen LogP contribution in [0.5, 0.6) is 0 Å². The highest BCUT2D eigenvalue weighted by Crippen LogP contribution is 2.75. The molecule has 1 aliphatic heterocycles. The molecule has 6 N–H and O–H groups in total. The number of ether oxygens (including phenoxy) is 4. The number of Topliss-reactive ketones (excluding diaryl/α,β-unsaturated/α-hetero) is 3. The molecule has 0 aromatic carbocycles. The Hall–Kier alpha value is -4.94. The van der Waals surface area contributed by atoms with E-state index in [2.05, 4.69) is 0 Å². The van der Waals surface area contributed by atoms with Crippen LogP contribution in [0.2, 0.25) is 0 Å². The summed E-state index contributed by atoms with van der Waals surface area (Å²) in [5.74, 6) is -8.40. The Morgan fingerprint density at radius 3 is 1.89 bits per heavy atom. The van der Waals surface area contributed by atoms with Crippen LogP contribution >= 0.6 is 0 Å². The molecule has 9 saturated carbocycles. The van der Waals surface area contributed by atoms with Gasteiger partial charge in [0.05, 0.1) is 24.4 Å². The van der Waals surface area contributed by atoms with E-state index in [9.17, 15) is 69.0 Å². The molecule has 22 heteroatoms.